The molecular formula is C27H31N5O3. The molecule has 2 aromatic carbocycles. The van der Waals surface area contributed by atoms with Gasteiger partial charge in [0, 0.05) is 49.5 Å². The number of aryl methyl sites for hydroxylation is 3. The molecule has 0 spiro atoms. The number of nitrogens with one attached hydrogen (secondary N) is 1. The molecule has 0 aliphatic carbocycles. The molecule has 1 fully saturated rings. The molecule has 4 rings (SSSR count). The Labute approximate surface area is 205 Å². The van der Waals surface area contributed by atoms with Gasteiger partial charge in [0.25, 0.3) is 11.5 Å². The predicted molar refractivity (Wildman–Crippen MR) is 137 cm³/mol. The zero-order valence-electron chi connectivity index (χ0n) is 20.4. The predicted octanol–water partition coefficient (Wildman–Crippen LogP) is 3.24. The first kappa shape index (κ1) is 24.2. The van der Waals surface area contributed by atoms with Gasteiger partial charge in [-0.25, -0.2) is 4.68 Å². The molecule has 3 aromatic rings. The fourth-order valence-electron chi connectivity index (χ4n) is 4.38. The minimum atomic E-state index is -0.406. The second-order valence-corrected chi connectivity index (χ2v) is 9.07. The second-order valence-electron chi connectivity index (χ2n) is 9.07. The number of amides is 2. The lowest BCUT2D eigenvalue weighted by Crippen LogP contribution is -2.54. The first-order chi connectivity index (χ1) is 16.8. The van der Waals surface area contributed by atoms with Crippen molar-refractivity contribution in [1.29, 1.82) is 0 Å². The topological polar surface area (TPSA) is 87.5 Å². The Kier molecular flexibility index (Phi) is 7.29. The molecule has 182 valence electrons. The van der Waals surface area contributed by atoms with Crippen LogP contribution in [-0.4, -0.2) is 52.2 Å². The lowest BCUT2D eigenvalue weighted by atomic mass is 10.1. The third-order valence-electron chi connectivity index (χ3n) is 6.23. The fourth-order valence-corrected chi connectivity index (χ4v) is 4.38. The van der Waals surface area contributed by atoms with E-state index in [0.29, 0.717) is 18.8 Å². The van der Waals surface area contributed by atoms with Gasteiger partial charge < -0.3 is 15.1 Å². The molecular weight excluding hydrogens is 442 g/mol. The standard InChI is InChI=1S/C27H31N5O3/c1-19-6-4-8-22(16-19)28-27(35)24-10-11-26(34)32(29-24)13-12-25(33)30-14-15-31(21(3)18-30)23-9-5-7-20(2)17-23/h4-11,16-17,21H,12-15,18H2,1-3H3,(H,28,35)/t21-/m0/s1. The Balaban J connectivity index is 1.35. The van der Waals surface area contributed by atoms with Gasteiger partial charge in [0.15, 0.2) is 0 Å². The van der Waals surface area contributed by atoms with Gasteiger partial charge in [0.1, 0.15) is 5.69 Å². The first-order valence-electron chi connectivity index (χ1n) is 11.9. The van der Waals surface area contributed by atoms with Crippen LogP contribution in [-0.2, 0) is 11.3 Å². The van der Waals surface area contributed by atoms with Crippen LogP contribution in [0.4, 0.5) is 11.4 Å². The third-order valence-corrected chi connectivity index (χ3v) is 6.23. The van der Waals surface area contributed by atoms with Gasteiger partial charge in [-0.3, -0.25) is 14.4 Å². The zero-order valence-corrected chi connectivity index (χ0v) is 20.4. The van der Waals surface area contributed by atoms with Crippen molar-refractivity contribution in [3.8, 4) is 0 Å². The summed E-state index contributed by atoms with van der Waals surface area (Å²) in [6.07, 6.45) is 0.146. The Morgan fingerprint density at radius 2 is 1.74 bits per heavy atom. The van der Waals surface area contributed by atoms with E-state index in [9.17, 15) is 14.4 Å². The molecule has 2 amide bonds. The van der Waals surface area contributed by atoms with Gasteiger partial charge in [0.2, 0.25) is 5.91 Å². The van der Waals surface area contributed by atoms with Crippen LogP contribution in [0, 0.1) is 13.8 Å². The zero-order chi connectivity index (χ0) is 24.9. The molecule has 2 heterocycles. The van der Waals surface area contributed by atoms with Gasteiger partial charge in [-0.05, 0) is 62.2 Å². The van der Waals surface area contributed by atoms with Crippen molar-refractivity contribution in [2.45, 2.75) is 39.8 Å². The minimum absolute atomic E-state index is 0.0240. The van der Waals surface area contributed by atoms with Crippen molar-refractivity contribution in [2.24, 2.45) is 0 Å². The molecule has 0 unspecified atom stereocenters. The van der Waals surface area contributed by atoms with E-state index in [1.165, 1.54) is 28.1 Å². The molecule has 35 heavy (non-hydrogen) atoms. The summed E-state index contributed by atoms with van der Waals surface area (Å²) >= 11 is 0. The molecule has 1 aliphatic rings. The molecule has 0 saturated carbocycles. The van der Waals surface area contributed by atoms with Crippen LogP contribution in [0.5, 0.6) is 0 Å². The van der Waals surface area contributed by atoms with E-state index < -0.39 is 5.91 Å². The molecule has 0 bridgehead atoms. The van der Waals surface area contributed by atoms with Crippen LogP contribution in [0.1, 0.15) is 35.0 Å². The van der Waals surface area contributed by atoms with Crippen molar-refractivity contribution < 1.29 is 9.59 Å². The second kappa shape index (κ2) is 10.5. The molecule has 1 aliphatic heterocycles. The maximum atomic E-state index is 12.9. The summed E-state index contributed by atoms with van der Waals surface area (Å²) in [7, 11) is 0. The molecule has 1 atom stereocenters. The molecule has 1 aromatic heterocycles. The Hall–Kier alpha value is -3.94. The average molecular weight is 474 g/mol. The number of carbonyl (C=O) groups excluding carboxylic acids is 2. The highest BCUT2D eigenvalue weighted by atomic mass is 16.2. The fraction of sp³-hybridized carbons (Fsp3) is 0.333. The van der Waals surface area contributed by atoms with Crippen LogP contribution in [0.15, 0.2) is 65.5 Å². The van der Waals surface area contributed by atoms with Gasteiger partial charge in [-0.2, -0.15) is 5.10 Å². The average Bonchev–Trinajstić information content (AvgIpc) is 2.83. The van der Waals surface area contributed by atoms with Crippen molar-refractivity contribution in [1.82, 2.24) is 14.7 Å². The van der Waals surface area contributed by atoms with E-state index in [1.807, 2.05) is 30.0 Å². The Morgan fingerprint density at radius 3 is 2.46 bits per heavy atom. The van der Waals surface area contributed by atoms with E-state index in [-0.39, 0.29) is 36.2 Å². The third kappa shape index (κ3) is 5.95. The summed E-state index contributed by atoms with van der Waals surface area (Å²) in [6.45, 7) is 8.24. The number of carbonyl (C=O) groups is 2. The van der Waals surface area contributed by atoms with Crippen LogP contribution in [0.3, 0.4) is 0 Å². The monoisotopic (exact) mass is 473 g/mol. The number of benzene rings is 2. The Bertz CT molecular complexity index is 1290. The molecule has 8 heteroatoms. The lowest BCUT2D eigenvalue weighted by molar-refractivity contribution is -0.132. The van der Waals surface area contributed by atoms with Crippen LogP contribution in [0.25, 0.3) is 0 Å². The first-order valence-corrected chi connectivity index (χ1v) is 11.9. The van der Waals surface area contributed by atoms with Crippen molar-refractivity contribution >= 4 is 23.2 Å². The number of rotatable bonds is 6. The quantitative estimate of drug-likeness (QED) is 0.594. The van der Waals surface area contributed by atoms with E-state index in [1.54, 1.807) is 6.07 Å². The molecule has 1 N–H and O–H groups in total. The summed E-state index contributed by atoms with van der Waals surface area (Å²) < 4.78 is 1.19. The SMILES string of the molecule is Cc1cccc(NC(=O)c2ccc(=O)n(CCC(=O)N3CCN(c4cccc(C)c4)[C@@H](C)C3)n2)c1. The normalized spacial score (nSPS) is 15.7. The highest BCUT2D eigenvalue weighted by molar-refractivity contribution is 6.02. The Morgan fingerprint density at radius 1 is 1.00 bits per heavy atom. The maximum Gasteiger partial charge on any atom is 0.276 e. The van der Waals surface area contributed by atoms with E-state index in [0.717, 1.165) is 12.1 Å². The maximum absolute atomic E-state index is 12.9. The number of anilines is 2. The summed E-state index contributed by atoms with van der Waals surface area (Å²) in [6, 6.07) is 18.7. The van der Waals surface area contributed by atoms with Crippen LogP contribution >= 0.6 is 0 Å². The number of aromatic nitrogens is 2. The molecule has 0 radical (unpaired) electrons. The van der Waals surface area contributed by atoms with E-state index in [2.05, 4.69) is 53.4 Å². The summed E-state index contributed by atoms with van der Waals surface area (Å²) in [4.78, 5) is 42.0. The van der Waals surface area contributed by atoms with Crippen LogP contribution in [0.2, 0.25) is 0 Å². The minimum Gasteiger partial charge on any atom is -0.365 e. The number of piperazine rings is 1. The number of hydrogen-bond donors (Lipinski definition) is 1. The van der Waals surface area contributed by atoms with Crippen molar-refractivity contribution in [3.63, 3.8) is 0 Å². The van der Waals surface area contributed by atoms with Gasteiger partial charge in [-0.15, -0.1) is 0 Å². The largest absolute Gasteiger partial charge is 0.365 e. The summed E-state index contributed by atoms with van der Waals surface area (Å²) in [5, 5.41) is 6.99. The van der Waals surface area contributed by atoms with Gasteiger partial charge in [0.05, 0.1) is 6.54 Å². The molecule has 1 saturated heterocycles. The van der Waals surface area contributed by atoms with Crippen molar-refractivity contribution in [3.05, 3.63) is 87.8 Å². The van der Waals surface area contributed by atoms with Gasteiger partial charge in [-0.1, -0.05) is 24.3 Å². The summed E-state index contributed by atoms with van der Waals surface area (Å²) in [5.74, 6) is -0.430. The number of hydrogen-bond acceptors (Lipinski definition) is 5. The van der Waals surface area contributed by atoms with Crippen LogP contribution < -0.4 is 15.8 Å². The lowest BCUT2D eigenvalue weighted by Gasteiger charge is -2.41. The van der Waals surface area contributed by atoms with Gasteiger partial charge >= 0.3 is 0 Å². The number of nitrogens with zero attached hydrogens (tertiary/aromatic N) is 4. The summed E-state index contributed by atoms with van der Waals surface area (Å²) in [5.41, 5.74) is 3.83. The molecule has 8 nitrogen and oxygen atoms in total. The van der Waals surface area contributed by atoms with Crippen molar-refractivity contribution in [2.75, 3.05) is 29.9 Å². The highest BCUT2D eigenvalue weighted by Crippen LogP contribution is 2.22. The smallest absolute Gasteiger partial charge is 0.276 e. The highest BCUT2D eigenvalue weighted by Gasteiger charge is 2.27. The van der Waals surface area contributed by atoms with E-state index >= 15 is 0 Å². The van der Waals surface area contributed by atoms with E-state index in [4.69, 9.17) is 0 Å².